The van der Waals surface area contributed by atoms with Gasteiger partial charge in [-0.05, 0) is 30.3 Å². The average molecular weight is 291 g/mol. The summed E-state index contributed by atoms with van der Waals surface area (Å²) in [6.07, 6.45) is 0. The lowest BCUT2D eigenvalue weighted by Crippen LogP contribution is -2.09. The van der Waals surface area contributed by atoms with Gasteiger partial charge >= 0.3 is 11.9 Å². The van der Waals surface area contributed by atoms with E-state index in [9.17, 15) is 9.59 Å². The number of hydrogen-bond donors (Lipinski definition) is 0. The Bertz CT molecular complexity index is 638. The van der Waals surface area contributed by atoms with Gasteiger partial charge in [0.25, 0.3) is 0 Å². The first-order valence-electron chi connectivity index (χ1n) is 5.81. The van der Waals surface area contributed by atoms with Crippen LogP contribution in [0.25, 0.3) is 0 Å². The Hall–Kier alpha value is -2.33. The van der Waals surface area contributed by atoms with Crippen molar-refractivity contribution in [3.8, 4) is 11.5 Å². The molecule has 0 atom stereocenters. The van der Waals surface area contributed by atoms with E-state index in [1.807, 2.05) is 6.07 Å². The largest absolute Gasteiger partial charge is 0.425 e. The van der Waals surface area contributed by atoms with Crippen molar-refractivity contribution in [3.05, 3.63) is 59.1 Å². The van der Waals surface area contributed by atoms with Crippen LogP contribution in [0.5, 0.6) is 11.5 Å². The Morgan fingerprint density at radius 1 is 1.00 bits per heavy atom. The third-order valence-electron chi connectivity index (χ3n) is 2.38. The molecule has 0 radical (unpaired) electrons. The van der Waals surface area contributed by atoms with Crippen molar-refractivity contribution in [2.24, 2.45) is 0 Å². The normalized spacial score (nSPS) is 9.90. The number of benzene rings is 2. The minimum atomic E-state index is -0.535. The van der Waals surface area contributed by atoms with Crippen LogP contribution >= 0.6 is 11.6 Å². The molecule has 0 aliphatic rings. The molecule has 5 heteroatoms. The van der Waals surface area contributed by atoms with Crippen molar-refractivity contribution in [1.29, 1.82) is 0 Å². The van der Waals surface area contributed by atoms with E-state index in [1.54, 1.807) is 24.3 Å². The quantitative estimate of drug-likeness (QED) is 0.641. The number of carbonyl (C=O) groups is 2. The summed E-state index contributed by atoms with van der Waals surface area (Å²) in [6, 6.07) is 13.0. The molecule has 2 aromatic carbocycles. The van der Waals surface area contributed by atoms with Gasteiger partial charge in [-0.15, -0.1) is 0 Å². The molecule has 0 N–H and O–H groups in total. The fraction of sp³-hybridized carbons (Fsp3) is 0.0667. The van der Waals surface area contributed by atoms with Gasteiger partial charge in [-0.2, -0.15) is 0 Å². The molecule has 20 heavy (non-hydrogen) atoms. The van der Waals surface area contributed by atoms with Crippen molar-refractivity contribution < 1.29 is 19.1 Å². The monoisotopic (exact) mass is 290 g/mol. The third-order valence-corrected chi connectivity index (χ3v) is 2.67. The lowest BCUT2D eigenvalue weighted by Gasteiger charge is -2.07. The van der Waals surface area contributed by atoms with Crippen LogP contribution in [0.2, 0.25) is 5.02 Å². The molecule has 0 aliphatic heterocycles. The van der Waals surface area contributed by atoms with E-state index in [-0.39, 0.29) is 16.3 Å². The molecule has 0 spiro atoms. The topological polar surface area (TPSA) is 52.6 Å². The number of halogens is 1. The fourth-order valence-corrected chi connectivity index (χ4v) is 1.74. The number of rotatable bonds is 3. The lowest BCUT2D eigenvalue weighted by atomic mass is 10.2. The van der Waals surface area contributed by atoms with Gasteiger partial charge in [-0.25, -0.2) is 4.79 Å². The van der Waals surface area contributed by atoms with Crippen LogP contribution < -0.4 is 9.47 Å². The minimum Gasteiger partial charge on any atom is -0.425 e. The summed E-state index contributed by atoms with van der Waals surface area (Å²) in [5.41, 5.74) is 0.273. The zero-order valence-electron chi connectivity index (χ0n) is 10.6. The Morgan fingerprint density at radius 3 is 2.30 bits per heavy atom. The van der Waals surface area contributed by atoms with Gasteiger partial charge in [0.15, 0.2) is 0 Å². The van der Waals surface area contributed by atoms with E-state index in [1.165, 1.54) is 25.1 Å². The number of esters is 2. The van der Waals surface area contributed by atoms with E-state index in [0.29, 0.717) is 5.75 Å². The number of hydrogen-bond acceptors (Lipinski definition) is 4. The van der Waals surface area contributed by atoms with E-state index in [4.69, 9.17) is 21.1 Å². The number of para-hydroxylation sites is 1. The SMILES string of the molecule is CC(=O)Oc1ccc(C(=O)Oc2ccccc2)cc1Cl. The highest BCUT2D eigenvalue weighted by atomic mass is 35.5. The van der Waals surface area contributed by atoms with Crippen molar-refractivity contribution >= 4 is 23.5 Å². The molecule has 0 fully saturated rings. The first kappa shape index (κ1) is 14.1. The zero-order valence-corrected chi connectivity index (χ0v) is 11.4. The fourth-order valence-electron chi connectivity index (χ4n) is 1.52. The summed E-state index contributed by atoms with van der Waals surface area (Å²) < 4.78 is 10.0. The van der Waals surface area contributed by atoms with Crippen LogP contribution in [-0.4, -0.2) is 11.9 Å². The Morgan fingerprint density at radius 2 is 1.70 bits per heavy atom. The zero-order chi connectivity index (χ0) is 14.5. The summed E-state index contributed by atoms with van der Waals surface area (Å²) in [6.45, 7) is 1.27. The van der Waals surface area contributed by atoms with Gasteiger partial charge < -0.3 is 9.47 Å². The summed E-state index contributed by atoms with van der Waals surface area (Å²) in [4.78, 5) is 22.8. The summed E-state index contributed by atoms with van der Waals surface area (Å²) in [5.74, 6) is -0.368. The van der Waals surface area contributed by atoms with E-state index >= 15 is 0 Å². The molecular formula is C15H11ClO4. The molecule has 0 aliphatic carbocycles. The second-order valence-electron chi connectivity index (χ2n) is 3.94. The Kier molecular flexibility index (Phi) is 4.38. The van der Waals surface area contributed by atoms with Gasteiger partial charge in [0.1, 0.15) is 11.5 Å². The van der Waals surface area contributed by atoms with Gasteiger partial charge in [-0.3, -0.25) is 4.79 Å². The van der Waals surface area contributed by atoms with Crippen LogP contribution in [0.1, 0.15) is 17.3 Å². The maximum Gasteiger partial charge on any atom is 0.343 e. The highest BCUT2D eigenvalue weighted by molar-refractivity contribution is 6.32. The van der Waals surface area contributed by atoms with Crippen molar-refractivity contribution in [1.82, 2.24) is 0 Å². The first-order valence-corrected chi connectivity index (χ1v) is 6.19. The predicted octanol–water partition coefficient (Wildman–Crippen LogP) is 3.48. The van der Waals surface area contributed by atoms with Crippen LogP contribution in [0.4, 0.5) is 0 Å². The highest BCUT2D eigenvalue weighted by Gasteiger charge is 2.12. The highest BCUT2D eigenvalue weighted by Crippen LogP contribution is 2.26. The third kappa shape index (κ3) is 3.59. The standard InChI is InChI=1S/C15H11ClO4/c1-10(17)19-14-8-7-11(9-13(14)16)15(18)20-12-5-3-2-4-6-12/h2-9H,1H3. The summed E-state index contributed by atoms with van der Waals surface area (Å²) >= 11 is 5.94. The van der Waals surface area contributed by atoms with E-state index < -0.39 is 11.9 Å². The Balaban J connectivity index is 2.15. The molecule has 0 bridgehead atoms. The lowest BCUT2D eigenvalue weighted by molar-refractivity contribution is -0.131. The van der Waals surface area contributed by atoms with Gasteiger partial charge in [-0.1, -0.05) is 29.8 Å². The molecule has 102 valence electrons. The summed E-state index contributed by atoms with van der Waals surface area (Å²) in [7, 11) is 0. The molecule has 0 amide bonds. The van der Waals surface area contributed by atoms with Gasteiger partial charge in [0.05, 0.1) is 10.6 Å². The summed E-state index contributed by atoms with van der Waals surface area (Å²) in [5, 5.41) is 0.169. The van der Waals surface area contributed by atoms with Crippen LogP contribution in [0.3, 0.4) is 0 Å². The number of ether oxygens (including phenoxy) is 2. The van der Waals surface area contributed by atoms with Crippen LogP contribution in [-0.2, 0) is 4.79 Å². The smallest absolute Gasteiger partial charge is 0.343 e. The second kappa shape index (κ2) is 6.21. The molecule has 0 heterocycles. The molecule has 4 nitrogen and oxygen atoms in total. The predicted molar refractivity (Wildman–Crippen MR) is 74.2 cm³/mol. The van der Waals surface area contributed by atoms with E-state index in [2.05, 4.69) is 0 Å². The molecule has 2 rings (SSSR count). The molecular weight excluding hydrogens is 280 g/mol. The molecule has 2 aromatic rings. The number of carbonyl (C=O) groups excluding carboxylic acids is 2. The minimum absolute atomic E-state index is 0.169. The molecule has 0 saturated carbocycles. The van der Waals surface area contributed by atoms with Crippen molar-refractivity contribution in [2.45, 2.75) is 6.92 Å². The van der Waals surface area contributed by atoms with E-state index in [0.717, 1.165) is 0 Å². The maximum absolute atomic E-state index is 11.9. The van der Waals surface area contributed by atoms with Crippen LogP contribution in [0.15, 0.2) is 48.5 Å². The first-order chi connectivity index (χ1) is 9.56. The van der Waals surface area contributed by atoms with Gasteiger partial charge in [0.2, 0.25) is 0 Å². The van der Waals surface area contributed by atoms with Crippen molar-refractivity contribution in [3.63, 3.8) is 0 Å². The van der Waals surface area contributed by atoms with Gasteiger partial charge in [0, 0.05) is 6.92 Å². The molecule has 0 aromatic heterocycles. The van der Waals surface area contributed by atoms with Crippen molar-refractivity contribution in [2.75, 3.05) is 0 Å². The maximum atomic E-state index is 11.9. The Labute approximate surface area is 120 Å². The van der Waals surface area contributed by atoms with Crippen LogP contribution in [0, 0.1) is 0 Å². The average Bonchev–Trinajstić information content (AvgIpc) is 2.41. The second-order valence-corrected chi connectivity index (χ2v) is 4.35. The molecule has 0 unspecified atom stereocenters. The molecule has 0 saturated heterocycles.